The number of halogens is 1. The number of aromatic nitrogens is 1. The quantitative estimate of drug-likeness (QED) is 0.481. The number of sulfonamides is 1. The fourth-order valence-corrected chi connectivity index (χ4v) is 4.96. The normalized spacial score (nSPS) is 16.9. The summed E-state index contributed by atoms with van der Waals surface area (Å²) in [6, 6.07) is 12.5. The first-order valence-corrected chi connectivity index (χ1v) is 13.1. The van der Waals surface area contributed by atoms with Crippen molar-refractivity contribution in [2.45, 2.75) is 44.0 Å². The number of rotatable bonds is 8. The summed E-state index contributed by atoms with van der Waals surface area (Å²) in [6.45, 7) is 5.81. The van der Waals surface area contributed by atoms with Crippen molar-refractivity contribution in [3.8, 4) is 17.0 Å². The Morgan fingerprint density at radius 2 is 2.03 bits per heavy atom. The van der Waals surface area contributed by atoms with Gasteiger partial charge in [0.05, 0.1) is 22.4 Å². The van der Waals surface area contributed by atoms with Crippen molar-refractivity contribution in [3.63, 3.8) is 0 Å². The van der Waals surface area contributed by atoms with Gasteiger partial charge in [0.1, 0.15) is 11.9 Å². The van der Waals surface area contributed by atoms with Gasteiger partial charge in [0.15, 0.2) is 5.13 Å². The van der Waals surface area contributed by atoms with E-state index >= 15 is 0 Å². The molecule has 1 saturated heterocycles. The second kappa shape index (κ2) is 9.76. The number of likely N-dealkylation sites (tertiary alicyclic amines) is 1. The fourth-order valence-electron chi connectivity index (χ4n) is 3.69. The Labute approximate surface area is 197 Å². The third-order valence-electron chi connectivity index (χ3n) is 5.26. The molecule has 3 aromatic rings. The van der Waals surface area contributed by atoms with E-state index in [4.69, 9.17) is 9.88 Å². The van der Waals surface area contributed by atoms with Crippen molar-refractivity contribution in [1.29, 1.82) is 0 Å². The number of ether oxygens (including phenoxy) is 1. The van der Waals surface area contributed by atoms with Crippen LogP contribution in [0.2, 0.25) is 0 Å². The highest BCUT2D eigenvalue weighted by atomic mass is 32.2. The summed E-state index contributed by atoms with van der Waals surface area (Å²) in [6.07, 6.45) is -0.202. The van der Waals surface area contributed by atoms with Gasteiger partial charge in [-0.2, -0.15) is 0 Å². The molecule has 1 aromatic heterocycles. The number of alkyl halides is 1. The minimum atomic E-state index is -3.85. The topological polar surface area (TPSA) is 97.5 Å². The minimum Gasteiger partial charge on any atom is -0.489 e. The van der Waals surface area contributed by atoms with Crippen LogP contribution in [0.4, 0.5) is 15.2 Å². The summed E-state index contributed by atoms with van der Waals surface area (Å²) in [7, 11) is -3.85. The lowest BCUT2D eigenvalue weighted by Gasteiger charge is -2.15. The van der Waals surface area contributed by atoms with Crippen molar-refractivity contribution in [1.82, 2.24) is 9.88 Å². The highest BCUT2D eigenvalue weighted by Crippen LogP contribution is 2.34. The van der Waals surface area contributed by atoms with E-state index in [2.05, 4.69) is 15.2 Å². The molecule has 176 valence electrons. The van der Waals surface area contributed by atoms with Crippen molar-refractivity contribution in [3.05, 3.63) is 53.4 Å². The Bertz CT molecular complexity index is 1210. The van der Waals surface area contributed by atoms with Crippen molar-refractivity contribution in [2.24, 2.45) is 5.14 Å². The number of thiazole rings is 1. The number of anilines is 2. The molecule has 3 N–H and O–H groups in total. The smallest absolute Gasteiger partial charge is 0.238 e. The lowest BCUT2D eigenvalue weighted by atomic mass is 10.1. The van der Waals surface area contributed by atoms with Crippen LogP contribution in [-0.4, -0.2) is 43.7 Å². The molecule has 1 aliphatic heterocycles. The van der Waals surface area contributed by atoms with Crippen molar-refractivity contribution >= 4 is 32.2 Å². The Hall–Kier alpha value is -2.53. The fraction of sp³-hybridized carbons (Fsp3) is 0.348. The SMILES string of the molecule is CC(C)Oc1ccc(S(N)(=O)=O)cc1Nc1nc(-c2ccc(CN3CCC(F)C3)cc2)cs1. The molecule has 0 bridgehead atoms. The number of primary sulfonamides is 1. The molecule has 2 aromatic carbocycles. The van der Waals surface area contributed by atoms with Crippen LogP contribution in [0.25, 0.3) is 11.3 Å². The van der Waals surface area contributed by atoms with Crippen LogP contribution in [0.5, 0.6) is 5.75 Å². The predicted molar refractivity (Wildman–Crippen MR) is 129 cm³/mol. The van der Waals surface area contributed by atoms with Crippen LogP contribution in [0.1, 0.15) is 25.8 Å². The molecule has 10 heteroatoms. The zero-order chi connectivity index (χ0) is 23.6. The molecule has 1 fully saturated rings. The Kier molecular flexibility index (Phi) is 6.99. The molecule has 0 saturated carbocycles. The second-order valence-electron chi connectivity index (χ2n) is 8.35. The van der Waals surface area contributed by atoms with Crippen LogP contribution < -0.4 is 15.2 Å². The minimum absolute atomic E-state index is 0.00874. The maximum atomic E-state index is 13.4. The van der Waals surface area contributed by atoms with Gasteiger partial charge in [-0.25, -0.2) is 22.9 Å². The van der Waals surface area contributed by atoms with Crippen LogP contribution in [0.3, 0.4) is 0 Å². The van der Waals surface area contributed by atoms with Crippen LogP contribution in [-0.2, 0) is 16.6 Å². The van der Waals surface area contributed by atoms with E-state index in [1.54, 1.807) is 6.07 Å². The first-order valence-electron chi connectivity index (χ1n) is 10.7. The lowest BCUT2D eigenvalue weighted by molar-refractivity contribution is 0.243. The maximum Gasteiger partial charge on any atom is 0.238 e. The molecule has 0 aliphatic carbocycles. The Balaban J connectivity index is 1.50. The molecule has 2 heterocycles. The van der Waals surface area contributed by atoms with Gasteiger partial charge in [0.25, 0.3) is 0 Å². The lowest BCUT2D eigenvalue weighted by Crippen LogP contribution is -2.20. The standard InChI is InChI=1S/C23H27FN4O3S2/c1-15(2)31-22-8-7-19(33(25,29)30)11-20(22)26-23-27-21(14-32-23)17-5-3-16(4-6-17)12-28-10-9-18(24)13-28/h3-8,11,14-15,18H,9-10,12-13H2,1-2H3,(H,26,27)(H2,25,29,30). The van der Waals surface area contributed by atoms with Crippen LogP contribution in [0, 0.1) is 0 Å². The molecule has 1 unspecified atom stereocenters. The average molecular weight is 491 g/mol. The number of nitrogens with one attached hydrogen (secondary N) is 1. The summed E-state index contributed by atoms with van der Waals surface area (Å²) >= 11 is 1.40. The van der Waals surface area contributed by atoms with Gasteiger partial charge in [-0.05, 0) is 44.0 Å². The zero-order valence-electron chi connectivity index (χ0n) is 18.5. The van der Waals surface area contributed by atoms with E-state index in [1.165, 1.54) is 23.5 Å². The molecular weight excluding hydrogens is 463 g/mol. The highest BCUT2D eigenvalue weighted by molar-refractivity contribution is 7.89. The Morgan fingerprint density at radius 3 is 2.67 bits per heavy atom. The number of nitrogens with two attached hydrogens (primary N) is 1. The van der Waals surface area contributed by atoms with E-state index in [1.807, 2.05) is 43.5 Å². The van der Waals surface area contributed by atoms with Crippen molar-refractivity contribution < 1.29 is 17.5 Å². The molecule has 7 nitrogen and oxygen atoms in total. The van der Waals surface area contributed by atoms with Gasteiger partial charge >= 0.3 is 0 Å². The number of hydrogen-bond acceptors (Lipinski definition) is 7. The summed E-state index contributed by atoms with van der Waals surface area (Å²) in [5, 5.41) is 11.0. The van der Waals surface area contributed by atoms with E-state index in [0.717, 1.165) is 29.9 Å². The molecular formula is C23H27FN4O3S2. The third kappa shape index (κ3) is 6.08. The number of hydrogen-bond donors (Lipinski definition) is 2. The van der Waals surface area contributed by atoms with Crippen LogP contribution >= 0.6 is 11.3 Å². The summed E-state index contributed by atoms with van der Waals surface area (Å²) < 4.78 is 42.8. The summed E-state index contributed by atoms with van der Waals surface area (Å²) in [5.41, 5.74) is 3.37. The Morgan fingerprint density at radius 1 is 1.27 bits per heavy atom. The largest absolute Gasteiger partial charge is 0.489 e. The van der Waals surface area contributed by atoms with Gasteiger partial charge in [-0.3, -0.25) is 4.90 Å². The second-order valence-corrected chi connectivity index (χ2v) is 10.8. The number of nitrogens with zero attached hydrogens (tertiary/aromatic N) is 2. The van der Waals surface area contributed by atoms with E-state index in [0.29, 0.717) is 29.5 Å². The zero-order valence-corrected chi connectivity index (χ0v) is 20.1. The van der Waals surface area contributed by atoms with Gasteiger partial charge < -0.3 is 10.1 Å². The van der Waals surface area contributed by atoms with Gasteiger partial charge in [-0.1, -0.05) is 24.3 Å². The monoisotopic (exact) mass is 490 g/mol. The summed E-state index contributed by atoms with van der Waals surface area (Å²) in [5.74, 6) is 0.510. The van der Waals surface area contributed by atoms with E-state index in [9.17, 15) is 12.8 Å². The molecule has 0 spiro atoms. The first-order chi connectivity index (χ1) is 15.7. The molecule has 4 rings (SSSR count). The van der Waals surface area contributed by atoms with Gasteiger partial charge in [0.2, 0.25) is 10.0 Å². The van der Waals surface area contributed by atoms with Crippen molar-refractivity contribution in [2.75, 3.05) is 18.4 Å². The van der Waals surface area contributed by atoms with E-state index < -0.39 is 16.2 Å². The van der Waals surface area contributed by atoms with Gasteiger partial charge in [0, 0.05) is 30.6 Å². The number of benzene rings is 2. The molecule has 0 amide bonds. The molecule has 1 aliphatic rings. The molecule has 33 heavy (non-hydrogen) atoms. The molecule has 0 radical (unpaired) electrons. The first kappa shape index (κ1) is 23.6. The van der Waals surface area contributed by atoms with Crippen LogP contribution in [0.15, 0.2) is 52.7 Å². The predicted octanol–water partition coefficient (Wildman–Crippen LogP) is 4.53. The summed E-state index contributed by atoms with van der Waals surface area (Å²) in [4.78, 5) is 6.76. The highest BCUT2D eigenvalue weighted by Gasteiger charge is 2.21. The molecule has 1 atom stereocenters. The maximum absolute atomic E-state index is 13.4. The van der Waals surface area contributed by atoms with E-state index in [-0.39, 0.29) is 11.0 Å². The third-order valence-corrected chi connectivity index (χ3v) is 6.93. The average Bonchev–Trinajstić information content (AvgIpc) is 3.38. The van der Waals surface area contributed by atoms with Gasteiger partial charge in [-0.15, -0.1) is 11.3 Å².